The molecule has 1 amide bonds. The number of hydroxylamine groups is 3. The summed E-state index contributed by atoms with van der Waals surface area (Å²) in [5.41, 5.74) is 1.43. The third-order valence-electron chi connectivity index (χ3n) is 3.38. The van der Waals surface area contributed by atoms with Crippen LogP contribution < -0.4 is 10.2 Å². The van der Waals surface area contributed by atoms with Gasteiger partial charge in [0.05, 0.1) is 12.0 Å². The van der Waals surface area contributed by atoms with Crippen LogP contribution in [0.5, 0.6) is 5.75 Å². The number of rotatable bonds is 6. The molecule has 1 heterocycles. The Morgan fingerprint density at radius 3 is 2.68 bits per heavy atom. The molecular formula is C13H18N2O6S. The lowest BCUT2D eigenvalue weighted by atomic mass is 10.3. The number of nitrogens with one attached hydrogen (secondary N) is 1. The molecule has 1 aliphatic heterocycles. The Kier molecular flexibility index (Phi) is 5.35. The average molecular weight is 330 g/mol. The molecule has 1 saturated heterocycles. The fourth-order valence-corrected chi connectivity index (χ4v) is 4.05. The van der Waals surface area contributed by atoms with Gasteiger partial charge in [-0.05, 0) is 37.1 Å². The van der Waals surface area contributed by atoms with Gasteiger partial charge in [-0.25, -0.2) is 13.9 Å². The van der Waals surface area contributed by atoms with Crippen molar-refractivity contribution < 1.29 is 28.0 Å². The van der Waals surface area contributed by atoms with E-state index in [0.29, 0.717) is 25.1 Å². The van der Waals surface area contributed by atoms with E-state index in [-0.39, 0.29) is 4.90 Å². The number of ether oxygens (including phenoxy) is 1. The van der Waals surface area contributed by atoms with Crippen LogP contribution in [0.2, 0.25) is 0 Å². The molecule has 1 aliphatic rings. The summed E-state index contributed by atoms with van der Waals surface area (Å²) in [5, 5.41) is 8.85. The fourth-order valence-electron chi connectivity index (χ4n) is 2.26. The van der Waals surface area contributed by atoms with Crippen LogP contribution in [0.1, 0.15) is 12.8 Å². The number of methoxy groups -OCH3 is 1. The van der Waals surface area contributed by atoms with Gasteiger partial charge in [0, 0.05) is 6.54 Å². The van der Waals surface area contributed by atoms with E-state index in [4.69, 9.17) is 14.8 Å². The molecule has 2 rings (SSSR count). The molecule has 0 saturated carbocycles. The van der Waals surface area contributed by atoms with Gasteiger partial charge in [-0.1, -0.05) is 0 Å². The SMILES string of the molecule is COc1ccc(S(=O)(=O)C2CCCN2OCC(=O)NO)cc1. The zero-order valence-corrected chi connectivity index (χ0v) is 12.9. The minimum atomic E-state index is -3.62. The Hall–Kier alpha value is -1.68. The van der Waals surface area contributed by atoms with Crippen molar-refractivity contribution in [3.63, 3.8) is 0 Å². The summed E-state index contributed by atoms with van der Waals surface area (Å²) >= 11 is 0. The molecule has 8 nitrogen and oxygen atoms in total. The van der Waals surface area contributed by atoms with Gasteiger partial charge in [-0.15, -0.1) is 0 Å². The van der Waals surface area contributed by atoms with Gasteiger partial charge in [0.15, 0.2) is 9.84 Å². The number of benzene rings is 1. The maximum atomic E-state index is 12.6. The zero-order chi connectivity index (χ0) is 16.2. The second-order valence-electron chi connectivity index (χ2n) is 4.77. The van der Waals surface area contributed by atoms with Crippen molar-refractivity contribution in [2.24, 2.45) is 0 Å². The van der Waals surface area contributed by atoms with Gasteiger partial charge in [0.2, 0.25) is 0 Å². The molecule has 0 radical (unpaired) electrons. The molecule has 22 heavy (non-hydrogen) atoms. The largest absolute Gasteiger partial charge is 0.497 e. The van der Waals surface area contributed by atoms with Gasteiger partial charge < -0.3 is 4.74 Å². The van der Waals surface area contributed by atoms with Crippen LogP contribution in [0.25, 0.3) is 0 Å². The maximum absolute atomic E-state index is 12.6. The molecule has 1 unspecified atom stereocenters. The van der Waals surface area contributed by atoms with Crippen molar-refractivity contribution in [3.05, 3.63) is 24.3 Å². The quantitative estimate of drug-likeness (QED) is 0.572. The average Bonchev–Trinajstić information content (AvgIpc) is 3.02. The van der Waals surface area contributed by atoms with Gasteiger partial charge in [0.25, 0.3) is 5.91 Å². The third-order valence-corrected chi connectivity index (χ3v) is 5.50. The Labute approximate surface area is 128 Å². The van der Waals surface area contributed by atoms with Crippen molar-refractivity contribution in [2.75, 3.05) is 20.3 Å². The second kappa shape index (κ2) is 7.05. The Morgan fingerprint density at radius 2 is 2.09 bits per heavy atom. The summed E-state index contributed by atoms with van der Waals surface area (Å²) < 4.78 is 30.3. The smallest absolute Gasteiger partial charge is 0.271 e. The minimum absolute atomic E-state index is 0.167. The lowest BCUT2D eigenvalue weighted by Gasteiger charge is -2.23. The summed E-state index contributed by atoms with van der Waals surface area (Å²) in [4.78, 5) is 16.3. The minimum Gasteiger partial charge on any atom is -0.497 e. The first-order valence-electron chi connectivity index (χ1n) is 6.69. The van der Waals surface area contributed by atoms with Crippen molar-refractivity contribution >= 4 is 15.7 Å². The van der Waals surface area contributed by atoms with Crippen LogP contribution >= 0.6 is 0 Å². The number of carbonyl (C=O) groups is 1. The molecule has 1 aromatic rings. The highest BCUT2D eigenvalue weighted by Gasteiger charge is 2.37. The first-order valence-corrected chi connectivity index (χ1v) is 8.24. The fraction of sp³-hybridized carbons (Fsp3) is 0.462. The topological polar surface area (TPSA) is 105 Å². The van der Waals surface area contributed by atoms with Crippen LogP contribution in [0, 0.1) is 0 Å². The van der Waals surface area contributed by atoms with E-state index >= 15 is 0 Å². The molecule has 0 aliphatic carbocycles. The second-order valence-corrected chi connectivity index (χ2v) is 6.87. The number of hydrogen-bond acceptors (Lipinski definition) is 7. The van der Waals surface area contributed by atoms with Crippen molar-refractivity contribution in [3.8, 4) is 5.75 Å². The zero-order valence-electron chi connectivity index (χ0n) is 12.1. The van der Waals surface area contributed by atoms with E-state index in [2.05, 4.69) is 0 Å². The predicted molar refractivity (Wildman–Crippen MR) is 75.8 cm³/mol. The van der Waals surface area contributed by atoms with Gasteiger partial charge in [-0.2, -0.15) is 5.06 Å². The van der Waals surface area contributed by atoms with E-state index in [1.165, 1.54) is 29.8 Å². The molecule has 0 bridgehead atoms. The highest BCUT2D eigenvalue weighted by Crippen LogP contribution is 2.28. The Morgan fingerprint density at radius 1 is 1.41 bits per heavy atom. The van der Waals surface area contributed by atoms with E-state index in [9.17, 15) is 13.2 Å². The van der Waals surface area contributed by atoms with Crippen LogP contribution in [0.3, 0.4) is 0 Å². The van der Waals surface area contributed by atoms with E-state index in [1.54, 1.807) is 12.1 Å². The monoisotopic (exact) mass is 330 g/mol. The summed E-state index contributed by atoms with van der Waals surface area (Å²) in [7, 11) is -2.11. The standard InChI is InChI=1S/C13H18N2O6S/c1-20-10-4-6-11(7-5-10)22(18,19)13-3-2-8-15(13)21-9-12(16)14-17/h4-7,13,17H,2-3,8-9H2,1H3,(H,14,16). The lowest BCUT2D eigenvalue weighted by Crippen LogP contribution is -2.38. The van der Waals surface area contributed by atoms with Crippen molar-refractivity contribution in [1.29, 1.82) is 0 Å². The molecule has 1 atom stereocenters. The molecule has 9 heteroatoms. The predicted octanol–water partition coefficient (Wildman–Crippen LogP) is 0.328. The van der Waals surface area contributed by atoms with Gasteiger partial charge >= 0.3 is 0 Å². The summed E-state index contributed by atoms with van der Waals surface area (Å²) in [5.74, 6) is -0.175. The molecule has 2 N–H and O–H groups in total. The molecule has 0 aromatic heterocycles. The lowest BCUT2D eigenvalue weighted by molar-refractivity contribution is -0.171. The van der Waals surface area contributed by atoms with Crippen LogP contribution in [0.4, 0.5) is 0 Å². The highest BCUT2D eigenvalue weighted by atomic mass is 32.2. The van der Waals surface area contributed by atoms with Gasteiger partial charge in [0.1, 0.15) is 17.7 Å². The van der Waals surface area contributed by atoms with Crippen LogP contribution in [-0.4, -0.2) is 50.2 Å². The van der Waals surface area contributed by atoms with Crippen LogP contribution in [-0.2, 0) is 19.5 Å². The Bertz CT molecular complexity index is 616. The number of hydrogen-bond donors (Lipinski definition) is 2. The molecule has 122 valence electrons. The first-order chi connectivity index (χ1) is 10.5. The number of amides is 1. The number of nitrogens with zero attached hydrogens (tertiary/aromatic N) is 1. The van der Waals surface area contributed by atoms with E-state index < -0.39 is 27.7 Å². The van der Waals surface area contributed by atoms with Gasteiger partial charge in [-0.3, -0.25) is 14.8 Å². The van der Waals surface area contributed by atoms with Crippen molar-refractivity contribution in [1.82, 2.24) is 10.5 Å². The molecule has 0 spiro atoms. The Balaban J connectivity index is 2.14. The van der Waals surface area contributed by atoms with Crippen LogP contribution in [0.15, 0.2) is 29.2 Å². The summed E-state index contributed by atoms with van der Waals surface area (Å²) in [6, 6.07) is 6.11. The third kappa shape index (κ3) is 3.55. The summed E-state index contributed by atoms with van der Waals surface area (Å²) in [6.45, 7) is -0.0378. The highest BCUT2D eigenvalue weighted by molar-refractivity contribution is 7.92. The molecular weight excluding hydrogens is 312 g/mol. The van der Waals surface area contributed by atoms with E-state index in [0.717, 1.165) is 0 Å². The van der Waals surface area contributed by atoms with E-state index in [1.807, 2.05) is 0 Å². The molecule has 1 aromatic carbocycles. The number of carbonyl (C=O) groups excluding carboxylic acids is 1. The normalized spacial score (nSPS) is 19.1. The number of sulfone groups is 1. The first kappa shape index (κ1) is 16.7. The molecule has 1 fully saturated rings. The van der Waals surface area contributed by atoms with Crippen molar-refractivity contribution in [2.45, 2.75) is 23.1 Å². The maximum Gasteiger partial charge on any atom is 0.271 e. The summed E-state index contributed by atoms with van der Waals surface area (Å²) in [6.07, 6.45) is 1.05.